The molecule has 0 bridgehead atoms. The van der Waals surface area contributed by atoms with Crippen molar-refractivity contribution in [3.05, 3.63) is 29.0 Å². The Morgan fingerprint density at radius 2 is 2.05 bits per heavy atom. The molecule has 0 saturated heterocycles. The smallest absolute Gasteiger partial charge is 0.133 e. The van der Waals surface area contributed by atoms with Gasteiger partial charge in [-0.25, -0.2) is 4.98 Å². The number of rotatable bonds is 3. The number of halogens is 1. The first-order valence-corrected chi connectivity index (χ1v) is 7.69. The van der Waals surface area contributed by atoms with Gasteiger partial charge in [-0.2, -0.15) is 0 Å². The number of aromatic nitrogens is 1. The minimum atomic E-state index is 0.372. The molecule has 0 spiro atoms. The molecule has 0 aromatic carbocycles. The third-order valence-electron chi connectivity index (χ3n) is 4.27. The molecule has 1 aliphatic rings. The van der Waals surface area contributed by atoms with Gasteiger partial charge in [-0.3, -0.25) is 0 Å². The van der Waals surface area contributed by atoms with Gasteiger partial charge in [-0.1, -0.05) is 51.3 Å². The van der Waals surface area contributed by atoms with Crippen LogP contribution in [0.2, 0.25) is 5.15 Å². The molecule has 1 fully saturated rings. The van der Waals surface area contributed by atoms with Crippen molar-refractivity contribution >= 4 is 11.6 Å². The molecule has 106 valence electrons. The Morgan fingerprint density at radius 1 is 1.32 bits per heavy atom. The fourth-order valence-corrected chi connectivity index (χ4v) is 3.39. The molecule has 1 N–H and O–H groups in total. The highest BCUT2D eigenvalue weighted by Gasteiger charge is 2.33. The van der Waals surface area contributed by atoms with Gasteiger partial charge in [0.2, 0.25) is 0 Å². The van der Waals surface area contributed by atoms with Crippen molar-refractivity contribution in [2.45, 2.75) is 59.0 Å². The first-order chi connectivity index (χ1) is 8.98. The molecule has 2 unspecified atom stereocenters. The summed E-state index contributed by atoms with van der Waals surface area (Å²) < 4.78 is 0. The molecule has 2 rings (SSSR count). The largest absolute Gasteiger partial charge is 0.310 e. The predicted octanol–water partition coefficient (Wildman–Crippen LogP) is 4.43. The summed E-state index contributed by atoms with van der Waals surface area (Å²) in [5.74, 6) is 0.747. The van der Waals surface area contributed by atoms with E-state index in [-0.39, 0.29) is 0 Å². The van der Waals surface area contributed by atoms with Crippen LogP contribution in [-0.4, -0.2) is 11.0 Å². The molecule has 1 saturated carbocycles. The normalized spacial score (nSPS) is 24.4. The zero-order chi connectivity index (χ0) is 13.9. The van der Waals surface area contributed by atoms with E-state index in [0.717, 1.165) is 18.0 Å². The van der Waals surface area contributed by atoms with Crippen LogP contribution in [0.3, 0.4) is 0 Å². The Hall–Kier alpha value is -0.600. The minimum absolute atomic E-state index is 0.372. The molecular formula is C16H25ClN2. The second-order valence-corrected chi connectivity index (χ2v) is 7.06. The molecule has 0 aliphatic heterocycles. The zero-order valence-electron chi connectivity index (χ0n) is 12.2. The van der Waals surface area contributed by atoms with Crippen molar-refractivity contribution in [1.82, 2.24) is 10.3 Å². The summed E-state index contributed by atoms with van der Waals surface area (Å²) in [7, 11) is 0. The lowest BCUT2D eigenvalue weighted by atomic mass is 9.69. The lowest BCUT2D eigenvalue weighted by Gasteiger charge is -2.41. The van der Waals surface area contributed by atoms with Gasteiger partial charge in [-0.15, -0.1) is 0 Å². The molecule has 3 heteroatoms. The molecule has 2 nitrogen and oxygen atoms in total. The average Bonchev–Trinajstić information content (AvgIpc) is 2.37. The van der Waals surface area contributed by atoms with Gasteiger partial charge >= 0.3 is 0 Å². The molecule has 1 aromatic heterocycles. The Morgan fingerprint density at radius 3 is 2.74 bits per heavy atom. The second kappa shape index (κ2) is 6.23. The maximum absolute atomic E-state index is 6.12. The lowest BCUT2D eigenvalue weighted by Crippen LogP contribution is -2.43. The van der Waals surface area contributed by atoms with Crippen LogP contribution in [0.1, 0.15) is 52.0 Å². The molecule has 2 atom stereocenters. The minimum Gasteiger partial charge on any atom is -0.310 e. The van der Waals surface area contributed by atoms with Gasteiger partial charge in [0, 0.05) is 24.3 Å². The zero-order valence-corrected chi connectivity index (χ0v) is 13.0. The van der Waals surface area contributed by atoms with Crippen molar-refractivity contribution < 1.29 is 0 Å². The van der Waals surface area contributed by atoms with Gasteiger partial charge in [0.05, 0.1) is 0 Å². The SMILES string of the molecule is CC(C)(C)C1CCCCC1NCc1cccnc1Cl. The summed E-state index contributed by atoms with van der Waals surface area (Å²) in [6, 6.07) is 4.60. The van der Waals surface area contributed by atoms with E-state index in [4.69, 9.17) is 11.6 Å². The van der Waals surface area contributed by atoms with E-state index in [9.17, 15) is 0 Å². The summed E-state index contributed by atoms with van der Waals surface area (Å²) in [5.41, 5.74) is 1.47. The van der Waals surface area contributed by atoms with Crippen LogP contribution >= 0.6 is 11.6 Å². The molecule has 1 heterocycles. The number of nitrogens with zero attached hydrogens (tertiary/aromatic N) is 1. The van der Waals surface area contributed by atoms with Gasteiger partial charge in [-0.05, 0) is 30.2 Å². The van der Waals surface area contributed by atoms with Crippen molar-refractivity contribution in [3.63, 3.8) is 0 Å². The van der Waals surface area contributed by atoms with Crippen LogP contribution in [0.4, 0.5) is 0 Å². The number of pyridine rings is 1. The molecular weight excluding hydrogens is 256 g/mol. The molecule has 1 aliphatic carbocycles. The van der Waals surface area contributed by atoms with E-state index in [1.54, 1.807) is 6.20 Å². The third kappa shape index (κ3) is 3.93. The van der Waals surface area contributed by atoms with E-state index < -0.39 is 0 Å². The van der Waals surface area contributed by atoms with Crippen LogP contribution in [0.15, 0.2) is 18.3 Å². The Bertz CT molecular complexity index is 411. The Kier molecular flexibility index (Phi) is 4.86. The van der Waals surface area contributed by atoms with E-state index >= 15 is 0 Å². The van der Waals surface area contributed by atoms with Gasteiger partial charge in [0.1, 0.15) is 5.15 Å². The fraction of sp³-hybridized carbons (Fsp3) is 0.688. The van der Waals surface area contributed by atoms with Crippen LogP contribution in [0, 0.1) is 11.3 Å². The van der Waals surface area contributed by atoms with Gasteiger partial charge in [0.15, 0.2) is 0 Å². The summed E-state index contributed by atoms with van der Waals surface area (Å²) in [4.78, 5) is 4.14. The summed E-state index contributed by atoms with van der Waals surface area (Å²) >= 11 is 6.12. The number of nitrogens with one attached hydrogen (secondary N) is 1. The molecule has 1 aromatic rings. The van der Waals surface area contributed by atoms with Gasteiger partial charge in [0.25, 0.3) is 0 Å². The lowest BCUT2D eigenvalue weighted by molar-refractivity contribution is 0.130. The highest BCUT2D eigenvalue weighted by atomic mass is 35.5. The highest BCUT2D eigenvalue weighted by molar-refractivity contribution is 6.30. The summed E-state index contributed by atoms with van der Waals surface area (Å²) in [6.45, 7) is 7.89. The van der Waals surface area contributed by atoms with Crippen molar-refractivity contribution in [3.8, 4) is 0 Å². The predicted molar refractivity (Wildman–Crippen MR) is 81.3 cm³/mol. The monoisotopic (exact) mass is 280 g/mol. The maximum Gasteiger partial charge on any atom is 0.133 e. The Labute approximate surface area is 122 Å². The van der Waals surface area contributed by atoms with Crippen molar-refractivity contribution in [2.24, 2.45) is 11.3 Å². The van der Waals surface area contributed by atoms with Crippen LogP contribution in [0.25, 0.3) is 0 Å². The second-order valence-electron chi connectivity index (χ2n) is 6.70. The molecule has 0 radical (unpaired) electrons. The van der Waals surface area contributed by atoms with Crippen molar-refractivity contribution in [1.29, 1.82) is 0 Å². The number of hydrogen-bond donors (Lipinski definition) is 1. The van der Waals surface area contributed by atoms with E-state index in [0.29, 0.717) is 16.6 Å². The first-order valence-electron chi connectivity index (χ1n) is 7.31. The topological polar surface area (TPSA) is 24.9 Å². The van der Waals surface area contributed by atoms with Crippen molar-refractivity contribution in [2.75, 3.05) is 0 Å². The first kappa shape index (κ1) is 14.8. The van der Waals surface area contributed by atoms with E-state index in [1.807, 2.05) is 6.07 Å². The summed E-state index contributed by atoms with van der Waals surface area (Å²) in [6.07, 6.45) is 7.06. The average molecular weight is 281 g/mol. The van der Waals surface area contributed by atoms with E-state index in [1.165, 1.54) is 25.7 Å². The third-order valence-corrected chi connectivity index (χ3v) is 4.61. The standard InChI is InChI=1S/C16H25ClN2/c1-16(2,3)13-8-4-5-9-14(13)19-11-12-7-6-10-18-15(12)17/h6-7,10,13-14,19H,4-5,8-9,11H2,1-3H3. The molecule has 0 amide bonds. The maximum atomic E-state index is 6.12. The fourth-order valence-electron chi connectivity index (χ4n) is 3.20. The van der Waals surface area contributed by atoms with E-state index in [2.05, 4.69) is 37.1 Å². The molecule has 19 heavy (non-hydrogen) atoms. The quantitative estimate of drug-likeness (QED) is 0.829. The van der Waals surface area contributed by atoms with Gasteiger partial charge < -0.3 is 5.32 Å². The highest BCUT2D eigenvalue weighted by Crippen LogP contribution is 2.38. The van der Waals surface area contributed by atoms with Crippen LogP contribution < -0.4 is 5.32 Å². The Balaban J connectivity index is 1.99. The van der Waals surface area contributed by atoms with Crippen LogP contribution in [0.5, 0.6) is 0 Å². The number of hydrogen-bond acceptors (Lipinski definition) is 2. The van der Waals surface area contributed by atoms with Crippen LogP contribution in [-0.2, 0) is 6.54 Å². The summed E-state index contributed by atoms with van der Waals surface area (Å²) in [5, 5.41) is 4.33.